The lowest BCUT2D eigenvalue weighted by Crippen LogP contribution is -2.31. The minimum Gasteiger partial charge on any atom is -0.373 e. The molecule has 1 amide bonds. The van der Waals surface area contributed by atoms with Gasteiger partial charge in [-0.15, -0.1) is 0 Å². The van der Waals surface area contributed by atoms with E-state index in [1.165, 1.54) is 0 Å². The lowest BCUT2D eigenvalue weighted by atomic mass is 10.1. The van der Waals surface area contributed by atoms with Crippen LogP contribution in [0.15, 0.2) is 36.7 Å². The predicted molar refractivity (Wildman–Crippen MR) is 82.2 cm³/mol. The fourth-order valence-corrected chi connectivity index (χ4v) is 2.98. The summed E-state index contributed by atoms with van der Waals surface area (Å²) < 4.78 is 1.88. The van der Waals surface area contributed by atoms with Crippen LogP contribution < -0.4 is 5.32 Å². The lowest BCUT2D eigenvalue weighted by Gasteiger charge is -2.25. The quantitative estimate of drug-likeness (QED) is 0.942. The van der Waals surface area contributed by atoms with Gasteiger partial charge in [0.1, 0.15) is 11.5 Å². The normalized spacial score (nSPS) is 18.0. The van der Waals surface area contributed by atoms with Gasteiger partial charge in [0.15, 0.2) is 0 Å². The average molecular weight is 284 g/mol. The second kappa shape index (κ2) is 5.60. The van der Waals surface area contributed by atoms with Crippen molar-refractivity contribution in [3.63, 3.8) is 0 Å². The molecule has 0 aliphatic carbocycles. The van der Waals surface area contributed by atoms with E-state index in [0.29, 0.717) is 0 Å². The molecule has 1 fully saturated rings. The van der Waals surface area contributed by atoms with Crippen molar-refractivity contribution in [1.82, 2.24) is 14.5 Å². The first kappa shape index (κ1) is 13.7. The van der Waals surface area contributed by atoms with Crippen LogP contribution in [0.1, 0.15) is 34.9 Å². The maximum atomic E-state index is 12.7. The van der Waals surface area contributed by atoms with Crippen LogP contribution in [-0.2, 0) is 7.05 Å². The van der Waals surface area contributed by atoms with Gasteiger partial charge < -0.3 is 14.8 Å². The van der Waals surface area contributed by atoms with Crippen LogP contribution in [0.25, 0.3) is 0 Å². The van der Waals surface area contributed by atoms with Crippen molar-refractivity contribution in [3.05, 3.63) is 47.9 Å². The molecular formula is C16H20N4O. The van der Waals surface area contributed by atoms with Gasteiger partial charge in [0.25, 0.3) is 5.91 Å². The largest absolute Gasteiger partial charge is 0.373 e. The second-order valence-corrected chi connectivity index (χ2v) is 5.39. The van der Waals surface area contributed by atoms with Crippen LogP contribution in [-0.4, -0.2) is 34.0 Å². The summed E-state index contributed by atoms with van der Waals surface area (Å²) in [6.45, 7) is 0.811. The van der Waals surface area contributed by atoms with Gasteiger partial charge in [-0.05, 0) is 42.7 Å². The van der Waals surface area contributed by atoms with Crippen LogP contribution in [0.4, 0.5) is 5.82 Å². The molecule has 110 valence electrons. The molecule has 0 spiro atoms. The second-order valence-electron chi connectivity index (χ2n) is 5.39. The monoisotopic (exact) mass is 284 g/mol. The van der Waals surface area contributed by atoms with Gasteiger partial charge in [-0.3, -0.25) is 4.79 Å². The number of aryl methyl sites for hydroxylation is 1. The van der Waals surface area contributed by atoms with Crippen LogP contribution in [0.2, 0.25) is 0 Å². The van der Waals surface area contributed by atoms with Crippen LogP contribution in [0.5, 0.6) is 0 Å². The van der Waals surface area contributed by atoms with Crippen LogP contribution in [0, 0.1) is 0 Å². The minimum absolute atomic E-state index is 0.104. The van der Waals surface area contributed by atoms with Crippen molar-refractivity contribution in [2.45, 2.75) is 18.9 Å². The Morgan fingerprint density at radius 2 is 2.29 bits per heavy atom. The number of rotatable bonds is 3. The third-order valence-corrected chi connectivity index (χ3v) is 4.10. The molecule has 5 heteroatoms. The average Bonchev–Trinajstić information content (AvgIpc) is 3.15. The first-order chi connectivity index (χ1) is 10.2. The summed E-state index contributed by atoms with van der Waals surface area (Å²) in [7, 11) is 3.76. The molecule has 3 heterocycles. The van der Waals surface area contributed by atoms with E-state index in [2.05, 4.69) is 10.3 Å². The van der Waals surface area contributed by atoms with E-state index >= 15 is 0 Å². The number of anilines is 1. The van der Waals surface area contributed by atoms with Crippen molar-refractivity contribution in [2.75, 3.05) is 18.9 Å². The Kier molecular flexibility index (Phi) is 3.64. The molecule has 5 nitrogen and oxygen atoms in total. The Morgan fingerprint density at radius 1 is 1.43 bits per heavy atom. The highest BCUT2D eigenvalue weighted by Crippen LogP contribution is 2.33. The van der Waals surface area contributed by atoms with Gasteiger partial charge in [-0.1, -0.05) is 0 Å². The van der Waals surface area contributed by atoms with Crippen molar-refractivity contribution >= 4 is 11.7 Å². The number of carbonyl (C=O) groups excluding carboxylic acids is 1. The third kappa shape index (κ3) is 2.51. The molecule has 2 aromatic rings. The molecule has 0 unspecified atom stereocenters. The fourth-order valence-electron chi connectivity index (χ4n) is 2.98. The molecule has 3 rings (SSSR count). The highest BCUT2D eigenvalue weighted by atomic mass is 16.2. The Bertz CT molecular complexity index is 649. The maximum Gasteiger partial charge on any atom is 0.270 e. The number of carbonyl (C=O) groups is 1. The summed E-state index contributed by atoms with van der Waals surface area (Å²) in [6, 6.07) is 7.96. The Hall–Kier alpha value is -2.30. The van der Waals surface area contributed by atoms with Crippen LogP contribution >= 0.6 is 0 Å². The molecule has 0 radical (unpaired) electrons. The fraction of sp³-hybridized carbons (Fsp3) is 0.375. The smallest absolute Gasteiger partial charge is 0.270 e. The number of nitrogens with one attached hydrogen (secondary N) is 1. The SMILES string of the molecule is CNc1cc([C@H]2CCCN2C(=O)c2cccn2C)ccn1. The highest BCUT2D eigenvalue weighted by Gasteiger charge is 2.31. The van der Waals surface area contributed by atoms with Gasteiger partial charge >= 0.3 is 0 Å². The van der Waals surface area contributed by atoms with E-state index in [1.807, 2.05) is 54.0 Å². The summed E-state index contributed by atoms with van der Waals surface area (Å²) in [4.78, 5) is 19.0. The number of pyridine rings is 1. The Balaban J connectivity index is 1.88. The molecular weight excluding hydrogens is 264 g/mol. The van der Waals surface area contributed by atoms with Crippen molar-refractivity contribution in [1.29, 1.82) is 0 Å². The van der Waals surface area contributed by atoms with Crippen molar-refractivity contribution < 1.29 is 4.79 Å². The summed E-state index contributed by atoms with van der Waals surface area (Å²) in [5.74, 6) is 0.943. The molecule has 0 saturated carbocycles. The van der Waals surface area contributed by atoms with Crippen molar-refractivity contribution in [3.8, 4) is 0 Å². The predicted octanol–water partition coefficient (Wildman–Crippen LogP) is 2.44. The first-order valence-electron chi connectivity index (χ1n) is 7.26. The summed E-state index contributed by atoms with van der Waals surface area (Å²) in [5.41, 5.74) is 1.89. The first-order valence-corrected chi connectivity index (χ1v) is 7.26. The summed E-state index contributed by atoms with van der Waals surface area (Å²) in [6.07, 6.45) is 5.75. The molecule has 1 atom stereocenters. The number of likely N-dealkylation sites (tertiary alicyclic amines) is 1. The molecule has 1 aliphatic rings. The van der Waals surface area contributed by atoms with E-state index in [1.54, 1.807) is 6.20 Å². The van der Waals surface area contributed by atoms with E-state index in [4.69, 9.17) is 0 Å². The molecule has 1 aliphatic heterocycles. The van der Waals surface area contributed by atoms with E-state index < -0.39 is 0 Å². The zero-order chi connectivity index (χ0) is 14.8. The number of aromatic nitrogens is 2. The van der Waals surface area contributed by atoms with E-state index in [0.717, 1.165) is 36.5 Å². The molecule has 1 N–H and O–H groups in total. The number of amides is 1. The van der Waals surface area contributed by atoms with Gasteiger partial charge in [0.2, 0.25) is 0 Å². The molecule has 0 aromatic carbocycles. The van der Waals surface area contributed by atoms with Crippen LogP contribution in [0.3, 0.4) is 0 Å². The zero-order valence-electron chi connectivity index (χ0n) is 12.4. The zero-order valence-corrected chi connectivity index (χ0v) is 12.4. The molecule has 1 saturated heterocycles. The number of hydrogen-bond acceptors (Lipinski definition) is 3. The Morgan fingerprint density at radius 3 is 3.00 bits per heavy atom. The van der Waals surface area contributed by atoms with Gasteiger partial charge in [0.05, 0.1) is 6.04 Å². The standard InChI is InChI=1S/C16H20N4O/c1-17-15-11-12(7-8-18-15)13-5-4-10-20(13)16(21)14-6-3-9-19(14)2/h3,6-9,11,13H,4-5,10H2,1-2H3,(H,17,18)/t13-/m1/s1. The van der Waals surface area contributed by atoms with Crippen molar-refractivity contribution in [2.24, 2.45) is 7.05 Å². The van der Waals surface area contributed by atoms with Gasteiger partial charge in [0, 0.05) is 33.0 Å². The minimum atomic E-state index is 0.104. The maximum absolute atomic E-state index is 12.7. The summed E-state index contributed by atoms with van der Waals surface area (Å²) in [5, 5.41) is 3.05. The topological polar surface area (TPSA) is 50.2 Å². The molecule has 21 heavy (non-hydrogen) atoms. The van der Waals surface area contributed by atoms with Gasteiger partial charge in [-0.25, -0.2) is 4.98 Å². The third-order valence-electron chi connectivity index (χ3n) is 4.10. The van der Waals surface area contributed by atoms with E-state index in [9.17, 15) is 4.79 Å². The van der Waals surface area contributed by atoms with E-state index in [-0.39, 0.29) is 11.9 Å². The molecule has 2 aromatic heterocycles. The van der Waals surface area contributed by atoms with Gasteiger partial charge in [-0.2, -0.15) is 0 Å². The highest BCUT2D eigenvalue weighted by molar-refractivity contribution is 5.93. The number of hydrogen-bond donors (Lipinski definition) is 1. The molecule has 0 bridgehead atoms. The Labute approximate surface area is 124 Å². The summed E-state index contributed by atoms with van der Waals surface area (Å²) >= 11 is 0. The lowest BCUT2D eigenvalue weighted by molar-refractivity contribution is 0.0726. The number of nitrogens with zero attached hydrogens (tertiary/aromatic N) is 3.